The molecule has 0 atom stereocenters. The first-order valence-corrected chi connectivity index (χ1v) is 9.38. The van der Waals surface area contributed by atoms with Gasteiger partial charge in [0.2, 0.25) is 0 Å². The maximum absolute atomic E-state index is 3.80. The molecular formula is C17H34BrN. The first kappa shape index (κ1) is 17.5. The van der Waals surface area contributed by atoms with E-state index >= 15 is 0 Å². The number of hydrogen-bond acceptors (Lipinski definition) is 1. The lowest BCUT2D eigenvalue weighted by atomic mass is 9.87. The zero-order valence-electron chi connectivity index (χ0n) is 13.6. The normalized spacial score (nSPS) is 18.9. The van der Waals surface area contributed by atoms with E-state index in [-0.39, 0.29) is 0 Å². The van der Waals surface area contributed by atoms with Gasteiger partial charge in [-0.1, -0.05) is 56.5 Å². The first-order valence-electron chi connectivity index (χ1n) is 8.26. The third-order valence-electron chi connectivity index (χ3n) is 4.55. The zero-order chi connectivity index (χ0) is 14.3. The molecule has 0 spiro atoms. The predicted octanol–water partition coefficient (Wildman–Crippen LogP) is 5.34. The molecule has 0 radical (unpaired) electrons. The molecule has 1 saturated carbocycles. The summed E-state index contributed by atoms with van der Waals surface area (Å²) in [7, 11) is 0. The van der Waals surface area contributed by atoms with Crippen molar-refractivity contribution in [3.63, 3.8) is 0 Å². The summed E-state index contributed by atoms with van der Waals surface area (Å²) in [5.41, 5.74) is 0.577. The standard InChI is InChI=1S/C17H34BrN/c1-15(2)7-11-19(12-8-16(3)4)14-17(13-18)9-5-6-10-17/h15-16H,5-14H2,1-4H3. The first-order chi connectivity index (χ1) is 8.97. The summed E-state index contributed by atoms with van der Waals surface area (Å²) in [6.45, 7) is 13.3. The van der Waals surface area contributed by atoms with Crippen LogP contribution in [0.1, 0.15) is 66.2 Å². The van der Waals surface area contributed by atoms with Crippen molar-refractivity contribution in [3.8, 4) is 0 Å². The minimum absolute atomic E-state index is 0.577. The Labute approximate surface area is 129 Å². The van der Waals surface area contributed by atoms with Gasteiger partial charge in [-0.25, -0.2) is 0 Å². The van der Waals surface area contributed by atoms with Crippen LogP contribution in [0.25, 0.3) is 0 Å². The molecule has 114 valence electrons. The van der Waals surface area contributed by atoms with Gasteiger partial charge < -0.3 is 4.90 Å². The molecule has 0 aromatic rings. The minimum Gasteiger partial charge on any atom is -0.303 e. The van der Waals surface area contributed by atoms with Crippen molar-refractivity contribution in [2.75, 3.05) is 25.0 Å². The Balaban J connectivity index is 2.50. The zero-order valence-corrected chi connectivity index (χ0v) is 15.1. The lowest BCUT2D eigenvalue weighted by Crippen LogP contribution is -2.39. The molecule has 19 heavy (non-hydrogen) atoms. The highest BCUT2D eigenvalue weighted by Gasteiger charge is 2.34. The maximum Gasteiger partial charge on any atom is 0.0100 e. The van der Waals surface area contributed by atoms with E-state index < -0.39 is 0 Å². The third-order valence-corrected chi connectivity index (χ3v) is 5.74. The highest BCUT2D eigenvalue weighted by atomic mass is 79.9. The van der Waals surface area contributed by atoms with Crippen molar-refractivity contribution in [1.29, 1.82) is 0 Å². The quantitative estimate of drug-likeness (QED) is 0.515. The summed E-state index contributed by atoms with van der Waals surface area (Å²) in [4.78, 5) is 2.76. The van der Waals surface area contributed by atoms with E-state index in [1.807, 2.05) is 0 Å². The van der Waals surface area contributed by atoms with Crippen LogP contribution in [0, 0.1) is 17.3 Å². The van der Waals surface area contributed by atoms with Crippen LogP contribution >= 0.6 is 15.9 Å². The van der Waals surface area contributed by atoms with Gasteiger partial charge in [-0.15, -0.1) is 0 Å². The predicted molar refractivity (Wildman–Crippen MR) is 90.0 cm³/mol. The van der Waals surface area contributed by atoms with Crippen LogP contribution in [-0.2, 0) is 0 Å². The summed E-state index contributed by atoms with van der Waals surface area (Å²) in [5.74, 6) is 1.65. The van der Waals surface area contributed by atoms with Gasteiger partial charge in [0.15, 0.2) is 0 Å². The minimum atomic E-state index is 0.577. The van der Waals surface area contributed by atoms with E-state index in [0.717, 1.165) is 11.8 Å². The van der Waals surface area contributed by atoms with Crippen LogP contribution in [0.15, 0.2) is 0 Å². The lowest BCUT2D eigenvalue weighted by Gasteiger charge is -2.35. The molecule has 1 aliphatic rings. The second-order valence-electron chi connectivity index (χ2n) is 7.48. The fourth-order valence-electron chi connectivity index (χ4n) is 3.08. The van der Waals surface area contributed by atoms with E-state index in [9.17, 15) is 0 Å². The summed E-state index contributed by atoms with van der Waals surface area (Å²) in [5, 5.41) is 1.19. The summed E-state index contributed by atoms with van der Waals surface area (Å²) < 4.78 is 0. The molecule has 0 aromatic carbocycles. The molecule has 2 heteroatoms. The summed E-state index contributed by atoms with van der Waals surface area (Å²) >= 11 is 3.80. The van der Waals surface area contributed by atoms with Gasteiger partial charge in [-0.05, 0) is 56.0 Å². The monoisotopic (exact) mass is 331 g/mol. The van der Waals surface area contributed by atoms with Crippen LogP contribution in [0.4, 0.5) is 0 Å². The lowest BCUT2D eigenvalue weighted by molar-refractivity contribution is 0.158. The highest BCUT2D eigenvalue weighted by Crippen LogP contribution is 2.40. The number of halogens is 1. The number of nitrogens with zero attached hydrogens (tertiary/aromatic N) is 1. The largest absolute Gasteiger partial charge is 0.303 e. The van der Waals surface area contributed by atoms with E-state index in [2.05, 4.69) is 48.5 Å². The van der Waals surface area contributed by atoms with E-state index in [4.69, 9.17) is 0 Å². The molecule has 1 nitrogen and oxygen atoms in total. The molecule has 0 unspecified atom stereocenters. The second kappa shape index (κ2) is 8.67. The molecule has 1 rings (SSSR count). The van der Waals surface area contributed by atoms with E-state index in [1.165, 1.54) is 63.5 Å². The van der Waals surface area contributed by atoms with Crippen LogP contribution in [-0.4, -0.2) is 29.9 Å². The molecule has 1 fully saturated rings. The van der Waals surface area contributed by atoms with Crippen LogP contribution in [0.2, 0.25) is 0 Å². The van der Waals surface area contributed by atoms with Gasteiger partial charge in [0.1, 0.15) is 0 Å². The van der Waals surface area contributed by atoms with Crippen molar-refractivity contribution >= 4 is 15.9 Å². The van der Waals surface area contributed by atoms with Gasteiger partial charge in [0.05, 0.1) is 0 Å². The average molecular weight is 332 g/mol. The van der Waals surface area contributed by atoms with Crippen molar-refractivity contribution in [2.24, 2.45) is 17.3 Å². The Kier molecular flexibility index (Phi) is 7.98. The highest BCUT2D eigenvalue weighted by molar-refractivity contribution is 9.09. The van der Waals surface area contributed by atoms with Crippen LogP contribution in [0.5, 0.6) is 0 Å². The molecule has 0 aromatic heterocycles. The maximum atomic E-state index is 3.80. The SMILES string of the molecule is CC(C)CCN(CCC(C)C)CC1(CBr)CCCC1. The molecule has 0 heterocycles. The van der Waals surface area contributed by atoms with Gasteiger partial charge >= 0.3 is 0 Å². The van der Waals surface area contributed by atoms with Crippen LogP contribution in [0.3, 0.4) is 0 Å². The third kappa shape index (κ3) is 6.62. The Bertz CT molecular complexity index is 219. The summed E-state index contributed by atoms with van der Waals surface area (Å²) in [6, 6.07) is 0. The molecule has 0 amide bonds. The van der Waals surface area contributed by atoms with E-state index in [0.29, 0.717) is 5.41 Å². The Morgan fingerprint density at radius 3 is 1.79 bits per heavy atom. The number of rotatable bonds is 9. The van der Waals surface area contributed by atoms with Crippen molar-refractivity contribution in [1.82, 2.24) is 4.90 Å². The Hall–Kier alpha value is 0.440. The van der Waals surface area contributed by atoms with Gasteiger partial charge in [0, 0.05) is 11.9 Å². The molecule has 0 saturated heterocycles. The molecular weight excluding hydrogens is 298 g/mol. The smallest absolute Gasteiger partial charge is 0.0100 e. The molecule has 0 N–H and O–H groups in total. The molecule has 0 aliphatic heterocycles. The van der Waals surface area contributed by atoms with Crippen molar-refractivity contribution < 1.29 is 0 Å². The Morgan fingerprint density at radius 2 is 1.42 bits per heavy atom. The Morgan fingerprint density at radius 1 is 0.947 bits per heavy atom. The fourth-order valence-corrected chi connectivity index (χ4v) is 3.82. The number of hydrogen-bond donors (Lipinski definition) is 0. The van der Waals surface area contributed by atoms with Gasteiger partial charge in [-0.3, -0.25) is 0 Å². The van der Waals surface area contributed by atoms with Crippen molar-refractivity contribution in [3.05, 3.63) is 0 Å². The summed E-state index contributed by atoms with van der Waals surface area (Å²) in [6.07, 6.45) is 8.42. The fraction of sp³-hybridized carbons (Fsp3) is 1.00. The van der Waals surface area contributed by atoms with E-state index in [1.54, 1.807) is 0 Å². The second-order valence-corrected chi connectivity index (χ2v) is 8.04. The van der Waals surface area contributed by atoms with Gasteiger partial charge in [-0.2, -0.15) is 0 Å². The molecule has 1 aliphatic carbocycles. The van der Waals surface area contributed by atoms with Crippen LogP contribution < -0.4 is 0 Å². The topological polar surface area (TPSA) is 3.24 Å². The number of alkyl halides is 1. The van der Waals surface area contributed by atoms with Crippen molar-refractivity contribution in [2.45, 2.75) is 66.2 Å². The van der Waals surface area contributed by atoms with Gasteiger partial charge in [0.25, 0.3) is 0 Å². The molecule has 0 bridgehead atoms. The average Bonchev–Trinajstić information content (AvgIpc) is 2.81.